The quantitative estimate of drug-likeness (QED) is 0.829. The number of benzene rings is 1. The standard InChI is InChI=1S/C16H21N3O2S/c20-16(13-3-4-14-15(11-13)22-12-18-14)17-5-1-2-6-19-7-9-21-10-8-19/h3-4,11-12H,1-2,5-10H2,(H,17,20). The van der Waals surface area contributed by atoms with Crippen LogP contribution in [0, 0.1) is 0 Å². The van der Waals surface area contributed by atoms with Crippen LogP contribution in [0.5, 0.6) is 0 Å². The minimum absolute atomic E-state index is 0.00155. The molecule has 0 bridgehead atoms. The van der Waals surface area contributed by atoms with Crippen molar-refractivity contribution >= 4 is 27.5 Å². The molecule has 1 saturated heterocycles. The molecule has 0 unspecified atom stereocenters. The highest BCUT2D eigenvalue weighted by Crippen LogP contribution is 2.18. The molecule has 1 N–H and O–H groups in total. The Morgan fingerprint density at radius 3 is 3.05 bits per heavy atom. The van der Waals surface area contributed by atoms with E-state index in [0.717, 1.165) is 62.5 Å². The van der Waals surface area contributed by atoms with Crippen molar-refractivity contribution < 1.29 is 9.53 Å². The Kier molecular flexibility index (Phi) is 5.37. The molecule has 1 aliphatic heterocycles. The van der Waals surface area contributed by atoms with Crippen molar-refractivity contribution in [2.45, 2.75) is 12.8 Å². The van der Waals surface area contributed by atoms with Gasteiger partial charge < -0.3 is 10.1 Å². The van der Waals surface area contributed by atoms with Gasteiger partial charge in [-0.2, -0.15) is 0 Å². The first-order valence-corrected chi connectivity index (χ1v) is 8.62. The summed E-state index contributed by atoms with van der Waals surface area (Å²) in [4.78, 5) is 18.8. The number of amides is 1. The zero-order valence-electron chi connectivity index (χ0n) is 12.6. The second-order valence-corrected chi connectivity index (χ2v) is 6.34. The predicted octanol–water partition coefficient (Wildman–Crippen LogP) is 2.14. The van der Waals surface area contributed by atoms with Gasteiger partial charge in [-0.15, -0.1) is 11.3 Å². The Morgan fingerprint density at radius 2 is 2.18 bits per heavy atom. The lowest BCUT2D eigenvalue weighted by Crippen LogP contribution is -2.37. The monoisotopic (exact) mass is 319 g/mol. The molecule has 5 nitrogen and oxygen atoms in total. The van der Waals surface area contributed by atoms with Gasteiger partial charge >= 0.3 is 0 Å². The lowest BCUT2D eigenvalue weighted by molar-refractivity contribution is 0.0372. The molecule has 1 amide bonds. The van der Waals surface area contributed by atoms with Crippen LogP contribution in [0.3, 0.4) is 0 Å². The molecule has 2 aromatic rings. The van der Waals surface area contributed by atoms with Crippen LogP contribution in [0.2, 0.25) is 0 Å². The Labute approximate surface area is 134 Å². The summed E-state index contributed by atoms with van der Waals surface area (Å²) in [5, 5.41) is 3.00. The van der Waals surface area contributed by atoms with Crippen molar-refractivity contribution in [3.63, 3.8) is 0 Å². The SMILES string of the molecule is O=C(NCCCCN1CCOCC1)c1ccc2ncsc2c1. The molecule has 2 heterocycles. The average Bonchev–Trinajstić information content (AvgIpc) is 3.03. The fourth-order valence-electron chi connectivity index (χ4n) is 2.59. The van der Waals surface area contributed by atoms with Gasteiger partial charge in [0, 0.05) is 25.2 Å². The van der Waals surface area contributed by atoms with E-state index in [1.165, 1.54) is 0 Å². The molecular weight excluding hydrogens is 298 g/mol. The number of carbonyl (C=O) groups is 1. The predicted molar refractivity (Wildman–Crippen MR) is 88.4 cm³/mol. The maximum atomic E-state index is 12.1. The molecule has 0 radical (unpaired) electrons. The van der Waals surface area contributed by atoms with Crippen LogP contribution in [0.4, 0.5) is 0 Å². The highest BCUT2D eigenvalue weighted by atomic mass is 32.1. The summed E-state index contributed by atoms with van der Waals surface area (Å²) in [6.07, 6.45) is 2.11. The summed E-state index contributed by atoms with van der Waals surface area (Å²) in [6, 6.07) is 5.65. The van der Waals surface area contributed by atoms with Crippen LogP contribution in [-0.2, 0) is 4.74 Å². The molecule has 118 valence electrons. The Bertz CT molecular complexity index is 623. The number of carbonyl (C=O) groups excluding carboxylic acids is 1. The number of rotatable bonds is 6. The number of hydrogen-bond donors (Lipinski definition) is 1. The first kappa shape index (κ1) is 15.4. The summed E-state index contributed by atoms with van der Waals surface area (Å²) < 4.78 is 6.39. The molecule has 3 rings (SSSR count). The van der Waals surface area contributed by atoms with E-state index < -0.39 is 0 Å². The van der Waals surface area contributed by atoms with Gasteiger partial charge in [0.2, 0.25) is 0 Å². The number of fused-ring (bicyclic) bond motifs is 1. The molecule has 1 aromatic carbocycles. The minimum atomic E-state index is 0.00155. The van der Waals surface area contributed by atoms with Gasteiger partial charge in [0.15, 0.2) is 0 Å². The van der Waals surface area contributed by atoms with Gasteiger partial charge in [0.25, 0.3) is 5.91 Å². The van der Waals surface area contributed by atoms with Crippen molar-refractivity contribution in [2.24, 2.45) is 0 Å². The third kappa shape index (κ3) is 4.03. The summed E-state index contributed by atoms with van der Waals surface area (Å²) in [7, 11) is 0. The van der Waals surface area contributed by atoms with E-state index in [4.69, 9.17) is 4.74 Å². The number of nitrogens with zero attached hydrogens (tertiary/aromatic N) is 2. The van der Waals surface area contributed by atoms with E-state index in [2.05, 4.69) is 15.2 Å². The summed E-state index contributed by atoms with van der Waals surface area (Å²) in [5.74, 6) is 0.00155. The van der Waals surface area contributed by atoms with Crippen LogP contribution < -0.4 is 5.32 Å². The van der Waals surface area contributed by atoms with E-state index in [1.807, 2.05) is 18.2 Å². The molecule has 0 aliphatic carbocycles. The van der Waals surface area contributed by atoms with Gasteiger partial charge in [-0.25, -0.2) is 4.98 Å². The zero-order valence-corrected chi connectivity index (χ0v) is 13.4. The van der Waals surface area contributed by atoms with Gasteiger partial charge in [0.05, 0.1) is 28.9 Å². The molecule has 6 heteroatoms. The smallest absolute Gasteiger partial charge is 0.251 e. The minimum Gasteiger partial charge on any atom is -0.379 e. The molecule has 1 aliphatic rings. The van der Waals surface area contributed by atoms with Crippen LogP contribution in [0.25, 0.3) is 10.2 Å². The van der Waals surface area contributed by atoms with Crippen molar-refractivity contribution in [3.05, 3.63) is 29.3 Å². The van der Waals surface area contributed by atoms with Gasteiger partial charge in [-0.1, -0.05) is 0 Å². The van der Waals surface area contributed by atoms with E-state index >= 15 is 0 Å². The molecule has 1 fully saturated rings. The lowest BCUT2D eigenvalue weighted by Gasteiger charge is -2.26. The maximum Gasteiger partial charge on any atom is 0.251 e. The van der Waals surface area contributed by atoms with Gasteiger partial charge in [0.1, 0.15) is 0 Å². The number of morpholine rings is 1. The molecule has 0 spiro atoms. The molecular formula is C16H21N3O2S. The highest BCUT2D eigenvalue weighted by Gasteiger charge is 2.10. The topological polar surface area (TPSA) is 54.5 Å². The molecule has 0 saturated carbocycles. The fourth-order valence-corrected chi connectivity index (χ4v) is 3.30. The van der Waals surface area contributed by atoms with Crippen molar-refractivity contribution in [2.75, 3.05) is 39.4 Å². The third-order valence-corrected chi connectivity index (χ3v) is 4.68. The number of ether oxygens (including phenoxy) is 1. The fraction of sp³-hybridized carbons (Fsp3) is 0.500. The Morgan fingerprint density at radius 1 is 1.32 bits per heavy atom. The van der Waals surface area contributed by atoms with Crippen molar-refractivity contribution in [1.29, 1.82) is 0 Å². The van der Waals surface area contributed by atoms with E-state index in [-0.39, 0.29) is 5.91 Å². The second kappa shape index (κ2) is 7.67. The van der Waals surface area contributed by atoms with Crippen molar-refractivity contribution in [3.8, 4) is 0 Å². The number of unbranched alkanes of at least 4 members (excludes halogenated alkanes) is 1. The number of thiazole rings is 1. The highest BCUT2D eigenvalue weighted by molar-refractivity contribution is 7.16. The molecule has 1 aromatic heterocycles. The molecule has 22 heavy (non-hydrogen) atoms. The zero-order chi connectivity index (χ0) is 15.2. The molecule has 0 atom stereocenters. The first-order chi connectivity index (χ1) is 10.8. The maximum absolute atomic E-state index is 12.1. The lowest BCUT2D eigenvalue weighted by atomic mass is 10.2. The number of hydrogen-bond acceptors (Lipinski definition) is 5. The van der Waals surface area contributed by atoms with Crippen LogP contribution in [0.15, 0.2) is 23.7 Å². The van der Waals surface area contributed by atoms with Crippen LogP contribution in [-0.4, -0.2) is 55.2 Å². The van der Waals surface area contributed by atoms with E-state index in [1.54, 1.807) is 16.8 Å². The third-order valence-electron chi connectivity index (χ3n) is 3.88. The average molecular weight is 319 g/mol. The van der Waals surface area contributed by atoms with Gasteiger partial charge in [-0.05, 0) is 37.6 Å². The summed E-state index contributed by atoms with van der Waals surface area (Å²) >= 11 is 1.56. The van der Waals surface area contributed by atoms with E-state index in [0.29, 0.717) is 5.56 Å². The normalized spacial score (nSPS) is 16.0. The van der Waals surface area contributed by atoms with Crippen LogP contribution >= 0.6 is 11.3 Å². The van der Waals surface area contributed by atoms with Gasteiger partial charge in [-0.3, -0.25) is 9.69 Å². The number of nitrogens with one attached hydrogen (secondary N) is 1. The Balaban J connectivity index is 1.38. The van der Waals surface area contributed by atoms with Crippen molar-refractivity contribution in [1.82, 2.24) is 15.2 Å². The Hall–Kier alpha value is -1.50. The largest absolute Gasteiger partial charge is 0.379 e. The van der Waals surface area contributed by atoms with Crippen LogP contribution in [0.1, 0.15) is 23.2 Å². The van der Waals surface area contributed by atoms with E-state index in [9.17, 15) is 4.79 Å². The summed E-state index contributed by atoms with van der Waals surface area (Å²) in [5.41, 5.74) is 3.47. The summed E-state index contributed by atoms with van der Waals surface area (Å²) in [6.45, 7) is 5.56. The number of aromatic nitrogens is 1. The second-order valence-electron chi connectivity index (χ2n) is 5.45. The first-order valence-electron chi connectivity index (χ1n) is 7.74.